The van der Waals surface area contributed by atoms with Crippen LogP contribution in [0.2, 0.25) is 0 Å². The first-order valence-corrected chi connectivity index (χ1v) is 9.88. The smallest absolute Gasteiger partial charge is 0.243 e. The average molecular weight is 407 g/mol. The van der Waals surface area contributed by atoms with E-state index in [9.17, 15) is 8.42 Å². The summed E-state index contributed by atoms with van der Waals surface area (Å²) in [5.74, 6) is 0.670. The number of aromatic nitrogens is 3. The summed E-state index contributed by atoms with van der Waals surface area (Å²) in [6.07, 6.45) is 3.42. The molecule has 1 saturated heterocycles. The number of fused-ring (bicyclic) bond motifs is 1. The molecule has 24 heavy (non-hydrogen) atoms. The van der Waals surface area contributed by atoms with Gasteiger partial charge in [-0.1, -0.05) is 22.0 Å². The molecular weight excluding hydrogens is 392 g/mol. The van der Waals surface area contributed by atoms with Crippen molar-refractivity contribution in [1.82, 2.24) is 18.9 Å². The molecule has 0 saturated carbocycles. The lowest BCUT2D eigenvalue weighted by molar-refractivity contribution is 0.381. The molecule has 1 atom stereocenters. The highest BCUT2D eigenvalue weighted by Crippen LogP contribution is 2.36. The Labute approximate surface area is 148 Å². The van der Waals surface area contributed by atoms with Gasteiger partial charge in [0.1, 0.15) is 0 Å². The van der Waals surface area contributed by atoms with E-state index < -0.39 is 10.0 Å². The van der Waals surface area contributed by atoms with Gasteiger partial charge in [-0.3, -0.25) is 4.40 Å². The molecule has 1 unspecified atom stereocenters. The van der Waals surface area contributed by atoms with Crippen molar-refractivity contribution in [3.8, 4) is 0 Å². The van der Waals surface area contributed by atoms with E-state index >= 15 is 0 Å². The van der Waals surface area contributed by atoms with Crippen molar-refractivity contribution >= 4 is 31.6 Å². The minimum Gasteiger partial charge on any atom is -0.285 e. The van der Waals surface area contributed by atoms with Crippen molar-refractivity contribution < 1.29 is 8.42 Å². The maximum absolute atomic E-state index is 13.0. The number of nitrogens with zero attached hydrogens (tertiary/aromatic N) is 4. The van der Waals surface area contributed by atoms with E-state index in [1.165, 1.54) is 0 Å². The van der Waals surface area contributed by atoms with E-state index in [1.54, 1.807) is 28.6 Å². The first-order chi connectivity index (χ1) is 11.6. The van der Waals surface area contributed by atoms with Crippen LogP contribution in [0.25, 0.3) is 5.65 Å². The van der Waals surface area contributed by atoms with Crippen molar-refractivity contribution in [3.05, 3.63) is 59.0 Å². The molecular formula is C16H15BrN4O2S. The molecule has 0 aliphatic carbocycles. The van der Waals surface area contributed by atoms with Crippen LogP contribution in [-0.2, 0) is 10.0 Å². The zero-order valence-corrected chi connectivity index (χ0v) is 15.1. The Kier molecular flexibility index (Phi) is 3.90. The predicted molar refractivity (Wildman–Crippen MR) is 93.0 cm³/mol. The number of rotatable bonds is 3. The first-order valence-electron chi connectivity index (χ1n) is 7.64. The number of benzene rings is 1. The fraction of sp³-hybridized carbons (Fsp3) is 0.250. The van der Waals surface area contributed by atoms with Crippen LogP contribution in [-0.4, -0.2) is 33.9 Å². The van der Waals surface area contributed by atoms with Gasteiger partial charge in [0.15, 0.2) is 11.5 Å². The first kappa shape index (κ1) is 15.7. The highest BCUT2D eigenvalue weighted by molar-refractivity contribution is 9.10. The van der Waals surface area contributed by atoms with E-state index in [0.717, 1.165) is 23.0 Å². The maximum atomic E-state index is 13.0. The highest BCUT2D eigenvalue weighted by Gasteiger charge is 2.38. The summed E-state index contributed by atoms with van der Waals surface area (Å²) in [4.78, 5) is 0.298. The van der Waals surface area contributed by atoms with E-state index in [2.05, 4.69) is 26.1 Å². The normalized spacial score (nSPS) is 19.1. The topological polar surface area (TPSA) is 67.6 Å². The summed E-state index contributed by atoms with van der Waals surface area (Å²) in [6.45, 7) is 0.491. The molecule has 4 rings (SSSR count). The number of hydrogen-bond donors (Lipinski definition) is 0. The van der Waals surface area contributed by atoms with Crippen LogP contribution in [0.15, 0.2) is 58.0 Å². The standard InChI is InChI=1S/C16H15BrN4O2S/c17-12-6-8-13(9-7-12)24(22,23)21-11-3-4-14(21)16-19-18-15-5-1-2-10-20(15)16/h1-2,5-10,14H,3-4,11H2. The second kappa shape index (κ2) is 5.94. The fourth-order valence-corrected chi connectivity index (χ4v) is 5.03. The van der Waals surface area contributed by atoms with Crippen LogP contribution >= 0.6 is 15.9 Å². The summed E-state index contributed by atoms with van der Waals surface area (Å²) in [7, 11) is -3.57. The Morgan fingerprint density at radius 2 is 1.88 bits per heavy atom. The summed E-state index contributed by atoms with van der Waals surface area (Å²) < 4.78 is 30.3. The number of pyridine rings is 1. The second-order valence-corrected chi connectivity index (χ2v) is 8.52. The Bertz CT molecular complexity index is 985. The molecule has 3 heterocycles. The number of hydrogen-bond acceptors (Lipinski definition) is 4. The van der Waals surface area contributed by atoms with Crippen molar-refractivity contribution in [3.63, 3.8) is 0 Å². The monoisotopic (exact) mass is 406 g/mol. The van der Waals surface area contributed by atoms with E-state index in [-0.39, 0.29) is 6.04 Å². The van der Waals surface area contributed by atoms with Crippen molar-refractivity contribution in [1.29, 1.82) is 0 Å². The van der Waals surface area contributed by atoms with E-state index in [0.29, 0.717) is 17.3 Å². The zero-order valence-electron chi connectivity index (χ0n) is 12.7. The van der Waals surface area contributed by atoms with Gasteiger partial charge in [0.25, 0.3) is 0 Å². The molecule has 1 fully saturated rings. The van der Waals surface area contributed by atoms with Crippen LogP contribution in [0.4, 0.5) is 0 Å². The Morgan fingerprint density at radius 1 is 1.08 bits per heavy atom. The lowest BCUT2D eigenvalue weighted by Crippen LogP contribution is -2.31. The third-order valence-electron chi connectivity index (χ3n) is 4.26. The molecule has 3 aromatic rings. The van der Waals surface area contributed by atoms with Gasteiger partial charge in [0, 0.05) is 17.2 Å². The molecule has 0 spiro atoms. The van der Waals surface area contributed by atoms with Gasteiger partial charge in [-0.2, -0.15) is 4.31 Å². The van der Waals surface area contributed by atoms with Crippen LogP contribution in [0.3, 0.4) is 0 Å². The SMILES string of the molecule is O=S(=O)(c1ccc(Br)cc1)N1CCCC1c1nnc2ccccn12. The molecule has 8 heteroatoms. The minimum atomic E-state index is -3.57. The summed E-state index contributed by atoms with van der Waals surface area (Å²) in [6, 6.07) is 12.1. The molecule has 1 aromatic carbocycles. The predicted octanol–water partition coefficient (Wildman–Crippen LogP) is 3.02. The lowest BCUT2D eigenvalue weighted by Gasteiger charge is -2.23. The Balaban J connectivity index is 1.76. The lowest BCUT2D eigenvalue weighted by atomic mass is 10.2. The molecule has 1 aliphatic heterocycles. The van der Waals surface area contributed by atoms with Gasteiger partial charge in [0.05, 0.1) is 10.9 Å². The van der Waals surface area contributed by atoms with E-state index in [4.69, 9.17) is 0 Å². The third kappa shape index (κ3) is 2.54. The fourth-order valence-electron chi connectivity index (χ4n) is 3.11. The summed E-state index contributed by atoms with van der Waals surface area (Å²) >= 11 is 3.34. The molecule has 6 nitrogen and oxygen atoms in total. The van der Waals surface area contributed by atoms with E-state index in [1.807, 2.05) is 28.8 Å². The van der Waals surface area contributed by atoms with Crippen molar-refractivity contribution in [2.45, 2.75) is 23.8 Å². The zero-order chi connectivity index (χ0) is 16.7. The summed E-state index contributed by atoms with van der Waals surface area (Å²) in [5, 5.41) is 8.40. The minimum absolute atomic E-state index is 0.295. The van der Waals surface area contributed by atoms with Gasteiger partial charge in [-0.05, 0) is 49.2 Å². The van der Waals surface area contributed by atoms with Gasteiger partial charge in [-0.25, -0.2) is 8.42 Å². The van der Waals surface area contributed by atoms with Crippen LogP contribution in [0.1, 0.15) is 24.7 Å². The van der Waals surface area contributed by atoms with Gasteiger partial charge in [-0.15, -0.1) is 10.2 Å². The van der Waals surface area contributed by atoms with Crippen molar-refractivity contribution in [2.75, 3.05) is 6.54 Å². The van der Waals surface area contributed by atoms with Crippen LogP contribution < -0.4 is 0 Å². The molecule has 0 bridgehead atoms. The molecule has 0 radical (unpaired) electrons. The molecule has 0 amide bonds. The second-order valence-electron chi connectivity index (χ2n) is 5.71. The molecule has 0 N–H and O–H groups in total. The van der Waals surface area contributed by atoms with Gasteiger partial charge >= 0.3 is 0 Å². The molecule has 2 aromatic heterocycles. The Hall–Kier alpha value is -1.77. The molecule has 1 aliphatic rings. The van der Waals surface area contributed by atoms with Crippen LogP contribution in [0, 0.1) is 0 Å². The van der Waals surface area contributed by atoms with Crippen molar-refractivity contribution in [2.24, 2.45) is 0 Å². The largest absolute Gasteiger partial charge is 0.285 e. The van der Waals surface area contributed by atoms with Gasteiger partial charge in [0.2, 0.25) is 10.0 Å². The van der Waals surface area contributed by atoms with Gasteiger partial charge < -0.3 is 0 Å². The quantitative estimate of drug-likeness (QED) is 0.670. The third-order valence-corrected chi connectivity index (χ3v) is 6.71. The average Bonchev–Trinajstić information content (AvgIpc) is 3.22. The number of sulfonamides is 1. The van der Waals surface area contributed by atoms with Crippen LogP contribution in [0.5, 0.6) is 0 Å². The molecule has 124 valence electrons. The summed E-state index contributed by atoms with van der Waals surface area (Å²) in [5.41, 5.74) is 0.723. The number of halogens is 1. The highest BCUT2D eigenvalue weighted by atomic mass is 79.9. The Morgan fingerprint density at radius 3 is 2.67 bits per heavy atom. The maximum Gasteiger partial charge on any atom is 0.243 e.